The van der Waals surface area contributed by atoms with Gasteiger partial charge in [-0.05, 0) is 36.2 Å². The number of rotatable bonds is 2. The van der Waals surface area contributed by atoms with Gasteiger partial charge in [-0.25, -0.2) is 9.18 Å². The lowest BCUT2D eigenvalue weighted by Gasteiger charge is -2.00. The molecule has 0 amide bonds. The Morgan fingerprint density at radius 1 is 1.38 bits per heavy atom. The van der Waals surface area contributed by atoms with Crippen molar-refractivity contribution in [3.63, 3.8) is 0 Å². The van der Waals surface area contributed by atoms with Crippen LogP contribution in [0, 0.1) is 12.7 Å². The van der Waals surface area contributed by atoms with Crippen molar-refractivity contribution in [1.29, 1.82) is 0 Å². The van der Waals surface area contributed by atoms with Crippen molar-refractivity contribution in [2.45, 2.75) is 6.92 Å². The van der Waals surface area contributed by atoms with Gasteiger partial charge in [0.05, 0.1) is 5.56 Å². The molecule has 0 fully saturated rings. The molecule has 16 heavy (non-hydrogen) atoms. The minimum atomic E-state index is -0.943. The van der Waals surface area contributed by atoms with Gasteiger partial charge < -0.3 is 5.11 Å². The molecule has 2 nitrogen and oxygen atoms in total. The monoisotopic (exact) mass is 236 g/mol. The van der Waals surface area contributed by atoms with Crippen LogP contribution in [0.1, 0.15) is 15.9 Å². The molecule has 2 aromatic rings. The summed E-state index contributed by atoms with van der Waals surface area (Å²) in [6.07, 6.45) is 0. The molecule has 1 heterocycles. The number of hydrogen-bond donors (Lipinski definition) is 1. The number of thiophene rings is 1. The van der Waals surface area contributed by atoms with Crippen molar-refractivity contribution in [3.8, 4) is 10.4 Å². The average Bonchev–Trinajstić information content (AvgIpc) is 2.71. The van der Waals surface area contributed by atoms with E-state index in [9.17, 15) is 9.18 Å². The molecule has 0 radical (unpaired) electrons. The highest BCUT2D eigenvalue weighted by Gasteiger charge is 2.08. The third kappa shape index (κ3) is 1.97. The lowest BCUT2D eigenvalue weighted by molar-refractivity contribution is 0.0697. The largest absolute Gasteiger partial charge is 0.478 e. The second-order valence-corrected chi connectivity index (χ2v) is 4.38. The number of carboxylic acids is 1. The Bertz CT molecular complexity index is 546. The number of carbonyl (C=O) groups is 1. The summed E-state index contributed by atoms with van der Waals surface area (Å²) in [5.74, 6) is -1.19. The number of aryl methyl sites for hydroxylation is 1. The molecule has 0 aliphatic heterocycles. The third-order valence-corrected chi connectivity index (χ3v) is 3.27. The maximum Gasteiger partial charge on any atom is 0.336 e. The van der Waals surface area contributed by atoms with E-state index in [0.717, 1.165) is 10.4 Å². The number of carboxylic acid groups (broad SMARTS) is 1. The Labute approximate surface area is 96.0 Å². The first-order valence-electron chi connectivity index (χ1n) is 4.66. The molecule has 0 aliphatic carbocycles. The predicted molar refractivity (Wildman–Crippen MR) is 61.4 cm³/mol. The molecular formula is C12H9FO2S. The van der Waals surface area contributed by atoms with E-state index in [0.29, 0.717) is 5.56 Å². The number of hydrogen-bond acceptors (Lipinski definition) is 2. The van der Waals surface area contributed by atoms with Crippen LogP contribution in [0.3, 0.4) is 0 Å². The first kappa shape index (κ1) is 10.8. The molecule has 0 aliphatic rings. The van der Waals surface area contributed by atoms with E-state index < -0.39 is 5.97 Å². The highest BCUT2D eigenvalue weighted by molar-refractivity contribution is 7.13. The number of aromatic carboxylic acids is 1. The summed E-state index contributed by atoms with van der Waals surface area (Å²) in [6.45, 7) is 1.69. The van der Waals surface area contributed by atoms with Crippen LogP contribution in [-0.4, -0.2) is 11.1 Å². The van der Waals surface area contributed by atoms with Gasteiger partial charge in [0, 0.05) is 10.3 Å². The third-order valence-electron chi connectivity index (χ3n) is 2.29. The van der Waals surface area contributed by atoms with Crippen molar-refractivity contribution >= 4 is 17.3 Å². The van der Waals surface area contributed by atoms with Gasteiger partial charge in [0.2, 0.25) is 0 Å². The molecule has 1 N–H and O–H groups in total. The summed E-state index contributed by atoms with van der Waals surface area (Å²) < 4.78 is 13.1. The van der Waals surface area contributed by atoms with E-state index in [-0.39, 0.29) is 11.4 Å². The van der Waals surface area contributed by atoms with Gasteiger partial charge in [-0.1, -0.05) is 6.07 Å². The smallest absolute Gasteiger partial charge is 0.336 e. The summed E-state index contributed by atoms with van der Waals surface area (Å²) >= 11 is 1.34. The molecule has 2 rings (SSSR count). The Hall–Kier alpha value is -1.68. The van der Waals surface area contributed by atoms with E-state index in [1.165, 1.54) is 17.4 Å². The Morgan fingerprint density at radius 3 is 2.69 bits per heavy atom. The standard InChI is InChI=1S/C12H9FO2S/c1-7-4-8(2-3-10(7)13)11-5-9(6-16-11)12(14)15/h2-6H,1H3,(H,14,15). The van der Waals surface area contributed by atoms with Gasteiger partial charge >= 0.3 is 5.97 Å². The zero-order valence-corrected chi connectivity index (χ0v) is 9.34. The van der Waals surface area contributed by atoms with Crippen molar-refractivity contribution < 1.29 is 14.3 Å². The normalized spacial score (nSPS) is 10.4. The molecule has 0 atom stereocenters. The van der Waals surface area contributed by atoms with Crippen LogP contribution in [-0.2, 0) is 0 Å². The Morgan fingerprint density at radius 2 is 2.12 bits per heavy atom. The van der Waals surface area contributed by atoms with Gasteiger partial charge in [-0.2, -0.15) is 0 Å². The topological polar surface area (TPSA) is 37.3 Å². The van der Waals surface area contributed by atoms with Crippen LogP contribution in [0.4, 0.5) is 4.39 Å². The minimum absolute atomic E-state index is 0.251. The summed E-state index contributed by atoms with van der Waals surface area (Å²) in [5.41, 5.74) is 1.67. The fourth-order valence-electron chi connectivity index (χ4n) is 1.40. The van der Waals surface area contributed by atoms with Crippen molar-refractivity contribution in [2.75, 3.05) is 0 Å². The summed E-state index contributed by atoms with van der Waals surface area (Å²) in [4.78, 5) is 11.5. The fraction of sp³-hybridized carbons (Fsp3) is 0.0833. The van der Waals surface area contributed by atoms with E-state index in [4.69, 9.17) is 5.11 Å². The summed E-state index contributed by atoms with van der Waals surface area (Å²) in [7, 11) is 0. The predicted octanol–water partition coefficient (Wildman–Crippen LogP) is 3.56. The number of benzene rings is 1. The average molecular weight is 236 g/mol. The maximum atomic E-state index is 13.1. The van der Waals surface area contributed by atoms with Crippen LogP contribution < -0.4 is 0 Å². The zero-order chi connectivity index (χ0) is 11.7. The SMILES string of the molecule is Cc1cc(-c2cc(C(=O)O)cs2)ccc1F. The van der Waals surface area contributed by atoms with Gasteiger partial charge in [0.1, 0.15) is 5.82 Å². The first-order valence-corrected chi connectivity index (χ1v) is 5.54. The Kier molecular flexibility index (Phi) is 2.75. The molecule has 4 heteroatoms. The van der Waals surface area contributed by atoms with Crippen LogP contribution in [0.5, 0.6) is 0 Å². The molecule has 0 saturated carbocycles. The lowest BCUT2D eigenvalue weighted by Crippen LogP contribution is -1.91. The molecule has 0 saturated heterocycles. The highest BCUT2D eigenvalue weighted by atomic mass is 32.1. The zero-order valence-electron chi connectivity index (χ0n) is 8.53. The second kappa shape index (κ2) is 4.06. The highest BCUT2D eigenvalue weighted by Crippen LogP contribution is 2.28. The van der Waals surface area contributed by atoms with Gasteiger partial charge in [0.15, 0.2) is 0 Å². The molecule has 82 valence electrons. The summed E-state index contributed by atoms with van der Waals surface area (Å²) in [5, 5.41) is 10.4. The molecular weight excluding hydrogens is 227 g/mol. The van der Waals surface area contributed by atoms with Crippen LogP contribution in [0.2, 0.25) is 0 Å². The second-order valence-electron chi connectivity index (χ2n) is 3.47. The molecule has 0 unspecified atom stereocenters. The molecule has 0 spiro atoms. The van der Waals surface area contributed by atoms with E-state index in [2.05, 4.69) is 0 Å². The van der Waals surface area contributed by atoms with Gasteiger partial charge in [-0.3, -0.25) is 0 Å². The van der Waals surface area contributed by atoms with E-state index in [1.54, 1.807) is 30.5 Å². The van der Waals surface area contributed by atoms with Crippen LogP contribution >= 0.6 is 11.3 Å². The van der Waals surface area contributed by atoms with E-state index in [1.807, 2.05) is 0 Å². The molecule has 0 bridgehead atoms. The van der Waals surface area contributed by atoms with Crippen LogP contribution in [0.25, 0.3) is 10.4 Å². The quantitative estimate of drug-likeness (QED) is 0.865. The van der Waals surface area contributed by atoms with E-state index >= 15 is 0 Å². The lowest BCUT2D eigenvalue weighted by atomic mass is 10.1. The minimum Gasteiger partial charge on any atom is -0.478 e. The van der Waals surface area contributed by atoms with Gasteiger partial charge in [0.25, 0.3) is 0 Å². The fourth-order valence-corrected chi connectivity index (χ4v) is 2.28. The maximum absolute atomic E-state index is 13.1. The first-order chi connectivity index (χ1) is 7.58. The van der Waals surface area contributed by atoms with Crippen LogP contribution in [0.15, 0.2) is 29.6 Å². The summed E-state index contributed by atoms with van der Waals surface area (Å²) in [6, 6.07) is 6.36. The Balaban J connectivity index is 2.42. The van der Waals surface area contributed by atoms with Gasteiger partial charge in [-0.15, -0.1) is 11.3 Å². The molecule has 1 aromatic carbocycles. The van der Waals surface area contributed by atoms with Crippen molar-refractivity contribution in [1.82, 2.24) is 0 Å². The van der Waals surface area contributed by atoms with Crippen molar-refractivity contribution in [2.24, 2.45) is 0 Å². The molecule has 1 aromatic heterocycles. The number of halogens is 1. The van der Waals surface area contributed by atoms with Crippen molar-refractivity contribution in [3.05, 3.63) is 46.6 Å².